The van der Waals surface area contributed by atoms with Crippen molar-refractivity contribution in [2.75, 3.05) is 0 Å². The van der Waals surface area contributed by atoms with Crippen LogP contribution in [0.15, 0.2) is 59.5 Å². The van der Waals surface area contributed by atoms with E-state index in [2.05, 4.69) is 5.43 Å². The molecule has 0 bridgehead atoms. The number of hydrogen-bond acceptors (Lipinski definition) is 4. The molecule has 0 unspecified atom stereocenters. The lowest BCUT2D eigenvalue weighted by Gasteiger charge is -2.09. The number of rotatable bonds is 6. The molecule has 1 heterocycles. The van der Waals surface area contributed by atoms with Crippen LogP contribution in [0.2, 0.25) is 0 Å². The third-order valence-corrected chi connectivity index (χ3v) is 3.88. The molecule has 7 nitrogen and oxygen atoms in total. The molecular formula is C14H15N3O4S. The molecule has 1 aromatic carbocycles. The molecule has 0 fully saturated rings. The van der Waals surface area contributed by atoms with E-state index in [1.807, 2.05) is 4.83 Å². The number of aromatic nitrogens is 1. The van der Waals surface area contributed by atoms with Gasteiger partial charge in [-0.2, -0.15) is 0 Å². The molecule has 2 rings (SSSR count). The second-order valence-electron chi connectivity index (χ2n) is 4.56. The first-order chi connectivity index (χ1) is 10.5. The molecule has 0 spiro atoms. The highest BCUT2D eigenvalue weighted by Crippen LogP contribution is 2.03. The largest absolute Gasteiger partial charge is 0.306 e. The van der Waals surface area contributed by atoms with Crippen molar-refractivity contribution in [1.82, 2.24) is 14.8 Å². The fourth-order valence-electron chi connectivity index (χ4n) is 1.75. The van der Waals surface area contributed by atoms with Gasteiger partial charge in [-0.1, -0.05) is 36.4 Å². The van der Waals surface area contributed by atoms with Crippen molar-refractivity contribution in [3.05, 3.63) is 70.6 Å². The standard InChI is InChI=1S/C14H15N3O4S/c18-13(10-17-9-5-4-8-14(17)19)15-16-22(20,21)11-12-6-2-1-3-7-12/h1-9,16H,10-11H2,(H,15,18). The minimum absolute atomic E-state index is 0.251. The number of hydrazine groups is 1. The average molecular weight is 321 g/mol. The summed E-state index contributed by atoms with van der Waals surface area (Å²) in [4.78, 5) is 25.1. The number of nitrogens with zero attached hydrogens (tertiary/aromatic N) is 1. The maximum atomic E-state index is 11.8. The van der Waals surface area contributed by atoms with Crippen LogP contribution >= 0.6 is 0 Å². The van der Waals surface area contributed by atoms with Gasteiger partial charge in [0.05, 0.1) is 5.75 Å². The highest BCUT2D eigenvalue weighted by molar-refractivity contribution is 7.88. The summed E-state index contributed by atoms with van der Waals surface area (Å²) in [5.74, 6) is -0.885. The van der Waals surface area contributed by atoms with Crippen molar-refractivity contribution in [1.29, 1.82) is 0 Å². The highest BCUT2D eigenvalue weighted by Gasteiger charge is 2.13. The van der Waals surface area contributed by atoms with Crippen molar-refractivity contribution < 1.29 is 13.2 Å². The second kappa shape index (κ2) is 7.01. The molecule has 0 atom stereocenters. The van der Waals surface area contributed by atoms with Crippen LogP contribution in [0.4, 0.5) is 0 Å². The van der Waals surface area contributed by atoms with Crippen LogP contribution in [0.5, 0.6) is 0 Å². The Kier molecular flexibility index (Phi) is 5.08. The first kappa shape index (κ1) is 15.9. The van der Waals surface area contributed by atoms with Gasteiger partial charge < -0.3 is 4.57 Å². The fraction of sp³-hybridized carbons (Fsp3) is 0.143. The van der Waals surface area contributed by atoms with Gasteiger partial charge in [0.25, 0.3) is 11.5 Å². The maximum absolute atomic E-state index is 11.8. The van der Waals surface area contributed by atoms with Gasteiger partial charge >= 0.3 is 0 Å². The molecule has 0 aliphatic carbocycles. The number of benzene rings is 1. The minimum Gasteiger partial charge on any atom is -0.306 e. The van der Waals surface area contributed by atoms with Crippen LogP contribution in [-0.2, 0) is 27.1 Å². The first-order valence-electron chi connectivity index (χ1n) is 6.44. The average Bonchev–Trinajstić information content (AvgIpc) is 2.48. The van der Waals surface area contributed by atoms with Crippen LogP contribution in [0.25, 0.3) is 0 Å². The number of nitrogens with one attached hydrogen (secondary N) is 2. The normalized spacial score (nSPS) is 11.1. The molecule has 116 valence electrons. The Hall–Kier alpha value is -2.45. The molecule has 22 heavy (non-hydrogen) atoms. The van der Waals surface area contributed by atoms with E-state index < -0.39 is 15.9 Å². The van der Waals surface area contributed by atoms with E-state index in [1.54, 1.807) is 42.5 Å². The predicted molar refractivity (Wildman–Crippen MR) is 81.0 cm³/mol. The Morgan fingerprint density at radius 1 is 1.05 bits per heavy atom. The van der Waals surface area contributed by atoms with Gasteiger partial charge in [0.1, 0.15) is 6.54 Å². The molecule has 0 radical (unpaired) electrons. The lowest BCUT2D eigenvalue weighted by molar-refractivity contribution is -0.122. The highest BCUT2D eigenvalue weighted by atomic mass is 32.2. The Balaban J connectivity index is 1.90. The Labute approximate surface area is 127 Å². The van der Waals surface area contributed by atoms with Gasteiger partial charge in [-0.3, -0.25) is 15.0 Å². The minimum atomic E-state index is -3.70. The number of pyridine rings is 1. The van der Waals surface area contributed by atoms with Gasteiger partial charge in [-0.25, -0.2) is 8.42 Å². The van der Waals surface area contributed by atoms with Crippen molar-refractivity contribution in [2.24, 2.45) is 0 Å². The van der Waals surface area contributed by atoms with Crippen LogP contribution in [0.1, 0.15) is 5.56 Å². The second-order valence-corrected chi connectivity index (χ2v) is 6.28. The van der Waals surface area contributed by atoms with Crippen LogP contribution < -0.4 is 15.8 Å². The molecule has 0 saturated carbocycles. The molecule has 0 aliphatic rings. The maximum Gasteiger partial charge on any atom is 0.254 e. The molecule has 1 amide bonds. The third kappa shape index (κ3) is 4.83. The van der Waals surface area contributed by atoms with Crippen LogP contribution in [-0.4, -0.2) is 18.9 Å². The van der Waals surface area contributed by atoms with Crippen molar-refractivity contribution in [3.8, 4) is 0 Å². The lowest BCUT2D eigenvalue weighted by Crippen LogP contribution is -2.44. The smallest absolute Gasteiger partial charge is 0.254 e. The van der Waals surface area contributed by atoms with Crippen molar-refractivity contribution in [3.63, 3.8) is 0 Å². The van der Waals surface area contributed by atoms with Gasteiger partial charge in [0.15, 0.2) is 0 Å². The molecule has 2 aromatic rings. The predicted octanol–water partition coefficient (Wildman–Crippen LogP) is -0.000900. The zero-order valence-electron chi connectivity index (χ0n) is 11.6. The summed E-state index contributed by atoms with van der Waals surface area (Å²) in [5.41, 5.74) is 2.34. The topological polar surface area (TPSA) is 97.3 Å². The summed E-state index contributed by atoms with van der Waals surface area (Å²) in [6.45, 7) is -0.270. The number of sulfonamides is 1. The Morgan fingerprint density at radius 2 is 1.73 bits per heavy atom. The van der Waals surface area contributed by atoms with E-state index in [1.165, 1.54) is 16.8 Å². The van der Waals surface area contributed by atoms with Crippen molar-refractivity contribution in [2.45, 2.75) is 12.3 Å². The summed E-state index contributed by atoms with van der Waals surface area (Å²) in [7, 11) is -3.70. The summed E-state index contributed by atoms with van der Waals surface area (Å²) in [5, 5.41) is 0. The summed E-state index contributed by atoms with van der Waals surface area (Å²) in [6.07, 6.45) is 1.44. The fourth-order valence-corrected chi connectivity index (χ4v) is 2.72. The Morgan fingerprint density at radius 3 is 2.41 bits per heavy atom. The third-order valence-electron chi connectivity index (χ3n) is 2.76. The number of carbonyl (C=O) groups excluding carboxylic acids is 1. The van der Waals surface area contributed by atoms with E-state index in [9.17, 15) is 18.0 Å². The number of hydrogen-bond donors (Lipinski definition) is 2. The summed E-state index contributed by atoms with van der Waals surface area (Å²) in [6, 6.07) is 13.1. The zero-order valence-corrected chi connectivity index (χ0v) is 12.4. The lowest BCUT2D eigenvalue weighted by atomic mass is 10.2. The molecule has 2 N–H and O–H groups in total. The molecule has 8 heteroatoms. The zero-order chi connectivity index (χ0) is 16.0. The Bertz CT molecular complexity index is 800. The first-order valence-corrected chi connectivity index (χ1v) is 8.09. The van der Waals surface area contributed by atoms with Gasteiger partial charge in [0, 0.05) is 12.3 Å². The molecular weight excluding hydrogens is 306 g/mol. The number of amides is 1. The monoisotopic (exact) mass is 321 g/mol. The summed E-state index contributed by atoms with van der Waals surface area (Å²) < 4.78 is 24.8. The molecule has 1 aromatic heterocycles. The van der Waals surface area contributed by atoms with E-state index >= 15 is 0 Å². The van der Waals surface area contributed by atoms with E-state index in [0.717, 1.165) is 0 Å². The van der Waals surface area contributed by atoms with Gasteiger partial charge in [-0.15, -0.1) is 4.83 Å². The number of carbonyl (C=O) groups is 1. The van der Waals surface area contributed by atoms with Crippen LogP contribution in [0.3, 0.4) is 0 Å². The van der Waals surface area contributed by atoms with E-state index in [4.69, 9.17) is 0 Å². The summed E-state index contributed by atoms with van der Waals surface area (Å²) >= 11 is 0. The van der Waals surface area contributed by atoms with E-state index in [0.29, 0.717) is 5.56 Å². The quantitative estimate of drug-likeness (QED) is 0.732. The SMILES string of the molecule is O=C(Cn1ccccc1=O)NNS(=O)(=O)Cc1ccccc1. The van der Waals surface area contributed by atoms with Crippen molar-refractivity contribution >= 4 is 15.9 Å². The molecule has 0 saturated heterocycles. The van der Waals surface area contributed by atoms with Gasteiger partial charge in [-0.05, 0) is 11.6 Å². The van der Waals surface area contributed by atoms with E-state index in [-0.39, 0.29) is 17.9 Å². The van der Waals surface area contributed by atoms with Gasteiger partial charge in [0.2, 0.25) is 10.0 Å². The molecule has 0 aliphatic heterocycles. The van der Waals surface area contributed by atoms with Crippen LogP contribution in [0, 0.1) is 0 Å².